The number of nitrogens with two attached hydrogens (primary N) is 1. The third kappa shape index (κ3) is 4.82. The second-order valence-electron chi connectivity index (χ2n) is 4.40. The number of benzene rings is 3. The Kier molecular flexibility index (Phi) is 5.68. The predicted molar refractivity (Wildman–Crippen MR) is 92.8 cm³/mol. The van der Waals surface area contributed by atoms with E-state index in [-0.39, 0.29) is 0 Å². The molecule has 3 rings (SSSR count). The molecule has 0 spiro atoms. The molecule has 0 atom stereocenters. The van der Waals surface area contributed by atoms with Crippen LogP contribution in [0.15, 0.2) is 78.9 Å². The average Bonchev–Trinajstić information content (AvgIpc) is 2.53. The van der Waals surface area contributed by atoms with Gasteiger partial charge in [-0.15, -0.1) is 0 Å². The maximum absolute atomic E-state index is 5.60. The maximum atomic E-state index is 5.60. The summed E-state index contributed by atoms with van der Waals surface area (Å²) < 4.78 is 0. The molecule has 3 heteroatoms. The number of nitrogen functional groups attached to an aromatic ring is 1. The standard InChI is InChI=1S/C12H11N.C6H4Cl2/c13-12-8-6-11(7-9-12)10-4-2-1-3-5-10;7-5-3-1-2-4-6(5)8/h1-9H,13H2;1-4H. The van der Waals surface area contributed by atoms with Gasteiger partial charge in [-0.25, -0.2) is 0 Å². The Hall–Kier alpha value is -1.96. The molecule has 0 radical (unpaired) electrons. The molecule has 0 aliphatic heterocycles. The van der Waals surface area contributed by atoms with Crippen molar-refractivity contribution < 1.29 is 0 Å². The van der Waals surface area contributed by atoms with Crippen LogP contribution in [0.1, 0.15) is 0 Å². The van der Waals surface area contributed by atoms with E-state index in [2.05, 4.69) is 12.1 Å². The number of halogens is 2. The molecule has 0 aliphatic carbocycles. The van der Waals surface area contributed by atoms with Crippen LogP contribution in [-0.2, 0) is 0 Å². The molecular formula is C18H15Cl2N. The summed E-state index contributed by atoms with van der Waals surface area (Å²) in [5.74, 6) is 0. The molecular weight excluding hydrogens is 301 g/mol. The van der Waals surface area contributed by atoms with Crippen molar-refractivity contribution in [2.24, 2.45) is 0 Å². The molecule has 0 fully saturated rings. The summed E-state index contributed by atoms with van der Waals surface area (Å²) in [6, 6.07) is 25.4. The van der Waals surface area contributed by atoms with E-state index >= 15 is 0 Å². The Bertz CT molecular complexity index is 658. The molecule has 1 nitrogen and oxygen atoms in total. The van der Waals surface area contributed by atoms with Crippen molar-refractivity contribution in [2.45, 2.75) is 0 Å². The minimum absolute atomic E-state index is 0.606. The third-order valence-electron chi connectivity index (χ3n) is 2.84. The van der Waals surface area contributed by atoms with E-state index in [4.69, 9.17) is 28.9 Å². The van der Waals surface area contributed by atoms with Gasteiger partial charge in [0.25, 0.3) is 0 Å². The van der Waals surface area contributed by atoms with Gasteiger partial charge in [0.05, 0.1) is 10.0 Å². The second kappa shape index (κ2) is 7.72. The zero-order valence-electron chi connectivity index (χ0n) is 11.3. The van der Waals surface area contributed by atoms with Crippen LogP contribution in [0.25, 0.3) is 11.1 Å². The highest BCUT2D eigenvalue weighted by Crippen LogP contribution is 2.20. The van der Waals surface area contributed by atoms with E-state index in [0.717, 1.165) is 5.69 Å². The molecule has 0 heterocycles. The quantitative estimate of drug-likeness (QED) is 0.553. The van der Waals surface area contributed by atoms with Crippen molar-refractivity contribution in [3.63, 3.8) is 0 Å². The van der Waals surface area contributed by atoms with E-state index < -0.39 is 0 Å². The van der Waals surface area contributed by atoms with Gasteiger partial charge in [-0.1, -0.05) is 77.8 Å². The van der Waals surface area contributed by atoms with Crippen molar-refractivity contribution in [2.75, 3.05) is 5.73 Å². The van der Waals surface area contributed by atoms with Crippen LogP contribution in [0.4, 0.5) is 5.69 Å². The molecule has 0 amide bonds. The summed E-state index contributed by atoms with van der Waals surface area (Å²) in [5, 5.41) is 1.21. The SMILES string of the molecule is Clc1ccccc1Cl.Nc1ccc(-c2ccccc2)cc1. The molecule has 3 aromatic rings. The fourth-order valence-corrected chi connectivity index (χ4v) is 2.02. The van der Waals surface area contributed by atoms with Gasteiger partial charge in [-0.3, -0.25) is 0 Å². The summed E-state index contributed by atoms with van der Waals surface area (Å²) >= 11 is 11.2. The van der Waals surface area contributed by atoms with Gasteiger partial charge >= 0.3 is 0 Å². The molecule has 0 saturated heterocycles. The lowest BCUT2D eigenvalue weighted by Gasteiger charge is -2.00. The fraction of sp³-hybridized carbons (Fsp3) is 0. The Balaban J connectivity index is 0.000000173. The lowest BCUT2D eigenvalue weighted by atomic mass is 10.1. The molecule has 0 saturated carbocycles. The number of anilines is 1. The van der Waals surface area contributed by atoms with E-state index in [9.17, 15) is 0 Å². The van der Waals surface area contributed by atoms with Crippen molar-refractivity contribution >= 4 is 28.9 Å². The number of hydrogen-bond donors (Lipinski definition) is 1. The minimum atomic E-state index is 0.606. The van der Waals surface area contributed by atoms with Crippen molar-refractivity contribution in [1.82, 2.24) is 0 Å². The van der Waals surface area contributed by atoms with Crippen molar-refractivity contribution in [3.8, 4) is 11.1 Å². The first kappa shape index (κ1) is 15.4. The fourth-order valence-electron chi connectivity index (χ4n) is 1.75. The zero-order valence-corrected chi connectivity index (χ0v) is 12.9. The van der Waals surface area contributed by atoms with Gasteiger partial charge in [0, 0.05) is 5.69 Å². The highest BCUT2D eigenvalue weighted by Gasteiger charge is 1.94. The molecule has 0 aliphatic rings. The molecule has 0 bridgehead atoms. The van der Waals surface area contributed by atoms with E-state index in [1.165, 1.54) is 11.1 Å². The molecule has 3 aromatic carbocycles. The largest absolute Gasteiger partial charge is 0.399 e. The first-order chi connectivity index (χ1) is 10.2. The normalized spacial score (nSPS) is 9.62. The summed E-state index contributed by atoms with van der Waals surface area (Å²) in [6.45, 7) is 0. The Morgan fingerprint density at radius 1 is 0.524 bits per heavy atom. The first-order valence-corrected chi connectivity index (χ1v) is 7.23. The Morgan fingerprint density at radius 2 is 0.952 bits per heavy atom. The van der Waals surface area contributed by atoms with Crippen molar-refractivity contribution in [3.05, 3.63) is 88.9 Å². The zero-order chi connectivity index (χ0) is 15.1. The highest BCUT2D eigenvalue weighted by molar-refractivity contribution is 6.41. The topological polar surface area (TPSA) is 26.0 Å². The van der Waals surface area contributed by atoms with Crippen LogP contribution in [-0.4, -0.2) is 0 Å². The molecule has 106 valence electrons. The van der Waals surface area contributed by atoms with Gasteiger partial charge in [0.2, 0.25) is 0 Å². The average molecular weight is 316 g/mol. The first-order valence-electron chi connectivity index (χ1n) is 6.48. The minimum Gasteiger partial charge on any atom is -0.399 e. The van der Waals surface area contributed by atoms with Crippen molar-refractivity contribution in [1.29, 1.82) is 0 Å². The summed E-state index contributed by atoms with van der Waals surface area (Å²) in [6.07, 6.45) is 0. The van der Waals surface area contributed by atoms with Crippen LogP contribution in [0.2, 0.25) is 10.0 Å². The monoisotopic (exact) mass is 315 g/mol. The summed E-state index contributed by atoms with van der Waals surface area (Å²) in [4.78, 5) is 0. The van der Waals surface area contributed by atoms with E-state index in [1.54, 1.807) is 12.1 Å². The lowest BCUT2D eigenvalue weighted by molar-refractivity contribution is 1.61. The molecule has 0 unspecified atom stereocenters. The lowest BCUT2D eigenvalue weighted by Crippen LogP contribution is -1.83. The second-order valence-corrected chi connectivity index (χ2v) is 5.22. The van der Waals surface area contributed by atoms with Gasteiger partial charge < -0.3 is 5.73 Å². The number of hydrogen-bond acceptors (Lipinski definition) is 1. The highest BCUT2D eigenvalue weighted by atomic mass is 35.5. The molecule has 2 N–H and O–H groups in total. The van der Waals surface area contributed by atoms with Gasteiger partial charge in [0.15, 0.2) is 0 Å². The van der Waals surface area contributed by atoms with E-state index in [0.29, 0.717) is 10.0 Å². The Labute approximate surface area is 134 Å². The predicted octanol–water partition coefficient (Wildman–Crippen LogP) is 5.93. The van der Waals surface area contributed by atoms with Crippen LogP contribution in [0, 0.1) is 0 Å². The van der Waals surface area contributed by atoms with Crippen LogP contribution >= 0.6 is 23.2 Å². The van der Waals surface area contributed by atoms with Gasteiger partial charge in [-0.05, 0) is 35.4 Å². The van der Waals surface area contributed by atoms with Gasteiger partial charge in [0.1, 0.15) is 0 Å². The molecule has 0 aromatic heterocycles. The van der Waals surface area contributed by atoms with Gasteiger partial charge in [-0.2, -0.15) is 0 Å². The smallest absolute Gasteiger partial charge is 0.0592 e. The van der Waals surface area contributed by atoms with E-state index in [1.807, 2.05) is 54.6 Å². The van der Waals surface area contributed by atoms with Crippen LogP contribution < -0.4 is 5.73 Å². The summed E-state index contributed by atoms with van der Waals surface area (Å²) in [7, 11) is 0. The molecule has 21 heavy (non-hydrogen) atoms. The maximum Gasteiger partial charge on any atom is 0.0592 e. The summed E-state index contributed by atoms with van der Waals surface area (Å²) in [5.41, 5.74) is 8.84. The number of rotatable bonds is 1. The van der Waals surface area contributed by atoms with Crippen LogP contribution in [0.3, 0.4) is 0 Å². The Morgan fingerprint density at radius 3 is 1.43 bits per heavy atom. The van der Waals surface area contributed by atoms with Crippen LogP contribution in [0.5, 0.6) is 0 Å². The third-order valence-corrected chi connectivity index (χ3v) is 3.60.